The van der Waals surface area contributed by atoms with Crippen LogP contribution in [0.4, 0.5) is 5.69 Å². The Morgan fingerprint density at radius 2 is 1.86 bits per heavy atom. The van der Waals surface area contributed by atoms with E-state index in [0.717, 1.165) is 29.1 Å². The Hall–Kier alpha value is -2.48. The molecule has 1 amide bonds. The fourth-order valence-corrected chi connectivity index (χ4v) is 5.83. The van der Waals surface area contributed by atoms with Gasteiger partial charge in [-0.3, -0.25) is 9.10 Å². The molecule has 0 unspecified atom stereocenters. The topological polar surface area (TPSA) is 144 Å². The molecule has 1 aliphatic rings. The van der Waals surface area contributed by atoms with E-state index < -0.39 is 20.0 Å². The largest absolute Gasteiger partial charge is 0.354 e. The zero-order valence-electron chi connectivity index (χ0n) is 19.2. The third-order valence-electron chi connectivity index (χ3n) is 5.81. The lowest BCUT2D eigenvalue weighted by molar-refractivity contribution is 0.0957. The van der Waals surface area contributed by atoms with Crippen LogP contribution in [0.1, 0.15) is 41.2 Å². The van der Waals surface area contributed by atoms with Gasteiger partial charge in [-0.2, -0.15) is 5.10 Å². The number of rotatable bonds is 9. The third-order valence-corrected chi connectivity index (χ3v) is 8.38. The molecule has 0 radical (unpaired) electrons. The minimum absolute atomic E-state index is 0.0454. The molecule has 35 heavy (non-hydrogen) atoms. The quantitative estimate of drug-likeness (QED) is 0.396. The van der Waals surface area contributed by atoms with E-state index in [1.54, 1.807) is 17.8 Å². The number of carbonyl (C=O) groups excluding carboxylic acids is 1. The number of benzene rings is 2. The maximum Gasteiger partial charge on any atom is 0.270 e. The number of nitrogens with zero attached hydrogens (tertiary/aromatic N) is 3. The van der Waals surface area contributed by atoms with Crippen molar-refractivity contribution in [2.24, 2.45) is 5.14 Å². The highest BCUT2D eigenvalue weighted by Crippen LogP contribution is 2.46. The van der Waals surface area contributed by atoms with Crippen molar-refractivity contribution in [3.8, 4) is 5.69 Å². The Kier molecular flexibility index (Phi) is 6.97. The van der Waals surface area contributed by atoms with Crippen molar-refractivity contribution < 1.29 is 21.6 Å². The molecule has 2 aromatic carbocycles. The van der Waals surface area contributed by atoms with Crippen LogP contribution in [0.3, 0.4) is 0 Å². The van der Waals surface area contributed by atoms with Crippen LogP contribution in [-0.2, 0) is 20.0 Å². The van der Waals surface area contributed by atoms with Crippen molar-refractivity contribution in [2.45, 2.75) is 25.2 Å². The van der Waals surface area contributed by atoms with Crippen molar-refractivity contribution in [3.05, 3.63) is 52.1 Å². The monoisotopic (exact) mass is 583 g/mol. The lowest BCUT2D eigenvalue weighted by atomic mass is 10.0. The zero-order valence-corrected chi connectivity index (χ0v) is 22.5. The summed E-state index contributed by atoms with van der Waals surface area (Å²) in [5.41, 5.74) is 2.70. The SMILES string of the molecule is CNC(=O)c1c2cc(C3CC3)c(N(CCCS(N)(=O)=O)S(C)(=O)=O)cc2nn1-c1ccc(Br)cc1. The average Bonchev–Trinajstić information content (AvgIpc) is 3.55. The highest BCUT2D eigenvalue weighted by molar-refractivity contribution is 9.10. The van der Waals surface area contributed by atoms with Crippen LogP contribution in [-0.4, -0.2) is 58.1 Å². The predicted octanol–water partition coefficient (Wildman–Crippen LogP) is 2.47. The first-order valence-corrected chi connectivity index (χ1v) is 15.3. The van der Waals surface area contributed by atoms with Gasteiger partial charge in [-0.05, 0) is 67.1 Å². The number of carbonyl (C=O) groups is 1. The van der Waals surface area contributed by atoms with Gasteiger partial charge in [0.15, 0.2) is 0 Å². The molecule has 3 N–H and O–H groups in total. The maximum absolute atomic E-state index is 12.9. The Morgan fingerprint density at radius 1 is 1.20 bits per heavy atom. The molecule has 0 bridgehead atoms. The summed E-state index contributed by atoms with van der Waals surface area (Å²) in [7, 11) is -5.92. The van der Waals surface area contributed by atoms with Crippen molar-refractivity contribution in [3.63, 3.8) is 0 Å². The summed E-state index contributed by atoms with van der Waals surface area (Å²) in [5.74, 6) is -0.512. The number of halogens is 1. The summed E-state index contributed by atoms with van der Waals surface area (Å²) in [6.07, 6.45) is 2.92. The van der Waals surface area contributed by atoms with Crippen LogP contribution in [0.2, 0.25) is 0 Å². The standard InChI is InChI=1S/C22H26BrN5O5S2/c1-25-22(29)21-18-12-17(14-4-5-14)20(27(34(2,30)31)10-3-11-35(24,32)33)13-19(18)26-28(21)16-8-6-15(23)7-9-16/h6-9,12-14H,3-5,10-11H2,1-2H3,(H,25,29)(H2,24,32,33). The number of nitrogens with one attached hydrogen (secondary N) is 1. The van der Waals surface area contributed by atoms with E-state index in [9.17, 15) is 21.6 Å². The van der Waals surface area contributed by atoms with Gasteiger partial charge in [0, 0.05) is 23.5 Å². The maximum atomic E-state index is 12.9. The van der Waals surface area contributed by atoms with Crippen LogP contribution < -0.4 is 14.8 Å². The van der Waals surface area contributed by atoms with Crippen LogP contribution >= 0.6 is 15.9 Å². The smallest absolute Gasteiger partial charge is 0.270 e. The molecule has 1 aromatic heterocycles. The van der Waals surface area contributed by atoms with Crippen molar-refractivity contribution in [1.29, 1.82) is 0 Å². The number of primary sulfonamides is 1. The van der Waals surface area contributed by atoms with Gasteiger partial charge in [0.25, 0.3) is 5.91 Å². The van der Waals surface area contributed by atoms with E-state index in [1.165, 1.54) is 4.31 Å². The van der Waals surface area contributed by atoms with E-state index in [1.807, 2.05) is 30.3 Å². The molecule has 10 nitrogen and oxygen atoms in total. The lowest BCUT2D eigenvalue weighted by Crippen LogP contribution is -2.33. The van der Waals surface area contributed by atoms with E-state index in [4.69, 9.17) is 5.14 Å². The normalized spacial score (nSPS) is 14.3. The van der Waals surface area contributed by atoms with Crippen molar-refractivity contribution >= 4 is 58.5 Å². The fraction of sp³-hybridized carbons (Fsp3) is 0.364. The first kappa shape index (κ1) is 25.6. The minimum atomic E-state index is -3.74. The van der Waals surface area contributed by atoms with Gasteiger partial charge in [0.05, 0.1) is 28.9 Å². The molecule has 0 spiro atoms. The third kappa shape index (κ3) is 5.68. The van der Waals surface area contributed by atoms with E-state index in [-0.39, 0.29) is 30.5 Å². The molecular weight excluding hydrogens is 558 g/mol. The van der Waals surface area contributed by atoms with Gasteiger partial charge in [0.1, 0.15) is 5.69 Å². The highest BCUT2D eigenvalue weighted by Gasteiger charge is 2.32. The molecule has 0 aliphatic heterocycles. The van der Waals surface area contributed by atoms with Crippen LogP contribution in [0.5, 0.6) is 0 Å². The van der Waals surface area contributed by atoms with E-state index >= 15 is 0 Å². The number of hydrogen-bond donors (Lipinski definition) is 2. The number of nitrogens with two attached hydrogens (primary N) is 1. The summed E-state index contributed by atoms with van der Waals surface area (Å²) in [6, 6.07) is 10.8. The molecule has 188 valence electrons. The Labute approximate surface area is 212 Å². The Balaban J connectivity index is 1.90. The number of amides is 1. The summed E-state index contributed by atoms with van der Waals surface area (Å²) < 4.78 is 51.9. The minimum Gasteiger partial charge on any atom is -0.354 e. The molecule has 0 atom stereocenters. The molecule has 0 saturated heterocycles. The van der Waals surface area contributed by atoms with Gasteiger partial charge in [-0.25, -0.2) is 26.7 Å². The highest BCUT2D eigenvalue weighted by atomic mass is 79.9. The Bertz CT molecular complexity index is 1500. The van der Waals surface area contributed by atoms with Gasteiger partial charge in [0.2, 0.25) is 20.0 Å². The number of aromatic nitrogens is 2. The van der Waals surface area contributed by atoms with Gasteiger partial charge in [-0.1, -0.05) is 15.9 Å². The van der Waals surface area contributed by atoms with Crippen molar-refractivity contribution in [2.75, 3.05) is 29.9 Å². The molecule has 3 aromatic rings. The first-order chi connectivity index (χ1) is 16.4. The summed E-state index contributed by atoms with van der Waals surface area (Å²) in [5, 5.41) is 13.0. The second kappa shape index (κ2) is 9.52. The van der Waals surface area contributed by atoms with Crippen molar-refractivity contribution in [1.82, 2.24) is 15.1 Å². The summed E-state index contributed by atoms with van der Waals surface area (Å²) in [4.78, 5) is 12.9. The van der Waals surface area contributed by atoms with Gasteiger partial charge >= 0.3 is 0 Å². The second-order valence-corrected chi connectivity index (χ2v) is 13.1. The van der Waals surface area contributed by atoms with Gasteiger partial charge in [-0.15, -0.1) is 0 Å². The fourth-order valence-electron chi connectivity index (χ4n) is 4.06. The van der Waals surface area contributed by atoms with Gasteiger partial charge < -0.3 is 5.32 Å². The molecule has 13 heteroatoms. The first-order valence-electron chi connectivity index (χ1n) is 10.9. The summed E-state index contributed by atoms with van der Waals surface area (Å²) >= 11 is 3.41. The summed E-state index contributed by atoms with van der Waals surface area (Å²) in [6.45, 7) is -0.0454. The predicted molar refractivity (Wildman–Crippen MR) is 139 cm³/mol. The molecule has 1 saturated carbocycles. The second-order valence-electron chi connectivity index (χ2n) is 8.57. The van der Waals surface area contributed by atoms with Crippen LogP contribution in [0, 0.1) is 0 Å². The number of fused-ring (bicyclic) bond motifs is 1. The zero-order chi connectivity index (χ0) is 25.5. The number of hydrogen-bond acceptors (Lipinski definition) is 6. The van der Waals surface area contributed by atoms with E-state index in [0.29, 0.717) is 28.0 Å². The molecule has 4 rings (SSSR count). The molecular formula is C22H26BrN5O5S2. The van der Waals surface area contributed by atoms with Crippen LogP contribution in [0.25, 0.3) is 16.6 Å². The number of sulfonamides is 2. The number of anilines is 1. The lowest BCUT2D eigenvalue weighted by Gasteiger charge is -2.25. The Morgan fingerprint density at radius 3 is 2.40 bits per heavy atom. The molecule has 1 fully saturated rings. The van der Waals surface area contributed by atoms with E-state index in [2.05, 4.69) is 26.3 Å². The molecule has 1 heterocycles. The molecule has 1 aliphatic carbocycles. The average molecular weight is 585 g/mol. The van der Waals surface area contributed by atoms with Crippen LogP contribution in [0.15, 0.2) is 40.9 Å².